The number of aliphatic hydroxyl groups is 1. The first-order chi connectivity index (χ1) is 14.7. The molecule has 2 amide bonds. The van der Waals surface area contributed by atoms with Crippen molar-refractivity contribution in [3.8, 4) is 0 Å². The minimum atomic E-state index is -4.92. The largest absolute Gasteiger partial charge is 0.424 e. The molecule has 0 bridgehead atoms. The van der Waals surface area contributed by atoms with Crippen molar-refractivity contribution in [2.75, 3.05) is 19.6 Å². The Morgan fingerprint density at radius 2 is 1.90 bits per heavy atom. The van der Waals surface area contributed by atoms with E-state index in [1.165, 1.54) is 25.0 Å². The zero-order valence-corrected chi connectivity index (χ0v) is 17.4. The first-order valence-corrected chi connectivity index (χ1v) is 10.3. The van der Waals surface area contributed by atoms with Crippen LogP contribution in [0.4, 0.5) is 18.0 Å². The molecule has 2 aromatic rings. The van der Waals surface area contributed by atoms with Gasteiger partial charge in [-0.05, 0) is 18.4 Å². The van der Waals surface area contributed by atoms with E-state index in [9.17, 15) is 23.1 Å². The van der Waals surface area contributed by atoms with Crippen molar-refractivity contribution in [1.82, 2.24) is 25.1 Å². The SMILES string of the molecule is Cn1ccnc1C(O)(CCNC(=O)NC1CCN(Cc2ccccc2)CC1)C(F)(F)F. The standard InChI is InChI=1S/C21H28F3N5O2/c1-28-14-11-25-18(28)20(31,21(22,23)24)9-10-26-19(30)27-17-7-12-29(13-8-17)15-16-5-3-2-4-6-16/h2-6,11,14,17,31H,7-10,12-13,15H2,1H3,(H2,26,27,30). The molecule has 0 radical (unpaired) electrons. The number of piperidine rings is 1. The molecule has 1 fully saturated rings. The number of hydrogen-bond donors (Lipinski definition) is 3. The van der Waals surface area contributed by atoms with Crippen LogP contribution in [-0.2, 0) is 19.2 Å². The Bertz CT molecular complexity index is 850. The monoisotopic (exact) mass is 439 g/mol. The van der Waals surface area contributed by atoms with Crippen molar-refractivity contribution in [3.05, 3.63) is 54.1 Å². The van der Waals surface area contributed by atoms with Gasteiger partial charge in [-0.25, -0.2) is 9.78 Å². The number of hydrogen-bond acceptors (Lipinski definition) is 4. The Morgan fingerprint density at radius 1 is 1.23 bits per heavy atom. The molecule has 0 saturated carbocycles. The van der Waals surface area contributed by atoms with E-state index in [4.69, 9.17) is 0 Å². The van der Waals surface area contributed by atoms with Crippen LogP contribution in [0.1, 0.15) is 30.7 Å². The number of nitrogens with zero attached hydrogens (tertiary/aromatic N) is 3. The first-order valence-electron chi connectivity index (χ1n) is 10.3. The van der Waals surface area contributed by atoms with Gasteiger partial charge in [-0.15, -0.1) is 0 Å². The Morgan fingerprint density at radius 3 is 2.48 bits per heavy atom. The molecule has 0 spiro atoms. The summed E-state index contributed by atoms with van der Waals surface area (Å²) in [5, 5.41) is 15.5. The maximum Gasteiger partial charge on any atom is 0.424 e. The van der Waals surface area contributed by atoms with Crippen molar-refractivity contribution in [2.24, 2.45) is 7.05 Å². The van der Waals surface area contributed by atoms with Crippen LogP contribution in [0, 0.1) is 0 Å². The third-order valence-corrected chi connectivity index (χ3v) is 5.60. The fourth-order valence-corrected chi connectivity index (χ4v) is 3.81. The molecule has 7 nitrogen and oxygen atoms in total. The lowest BCUT2D eigenvalue weighted by molar-refractivity contribution is -0.272. The number of nitrogens with one attached hydrogen (secondary N) is 2. The minimum Gasteiger partial charge on any atom is -0.374 e. The molecule has 2 heterocycles. The molecule has 1 aliphatic rings. The van der Waals surface area contributed by atoms with E-state index in [-0.39, 0.29) is 12.6 Å². The van der Waals surface area contributed by atoms with Crippen LogP contribution in [0.15, 0.2) is 42.7 Å². The number of benzene rings is 1. The summed E-state index contributed by atoms with van der Waals surface area (Å²) in [7, 11) is 1.38. The van der Waals surface area contributed by atoms with Gasteiger partial charge in [-0.2, -0.15) is 13.2 Å². The van der Waals surface area contributed by atoms with Gasteiger partial charge in [0.1, 0.15) is 5.82 Å². The van der Waals surface area contributed by atoms with Gasteiger partial charge in [0.2, 0.25) is 5.60 Å². The molecule has 1 unspecified atom stereocenters. The van der Waals surface area contributed by atoms with E-state index < -0.39 is 30.1 Å². The number of rotatable bonds is 7. The van der Waals surface area contributed by atoms with Gasteiger partial charge in [0.05, 0.1) is 0 Å². The number of aryl methyl sites for hydroxylation is 1. The normalized spacial score (nSPS) is 17.8. The highest BCUT2D eigenvalue weighted by Crippen LogP contribution is 2.40. The summed E-state index contributed by atoms with van der Waals surface area (Å²) in [5.74, 6) is -0.506. The van der Waals surface area contributed by atoms with E-state index in [0.29, 0.717) is 0 Å². The van der Waals surface area contributed by atoms with Gasteiger partial charge in [-0.3, -0.25) is 4.90 Å². The maximum absolute atomic E-state index is 13.5. The number of alkyl halides is 3. The lowest BCUT2D eigenvalue weighted by Gasteiger charge is -2.32. The Kier molecular flexibility index (Phi) is 7.22. The zero-order chi connectivity index (χ0) is 22.5. The van der Waals surface area contributed by atoms with Crippen LogP contribution in [0.5, 0.6) is 0 Å². The summed E-state index contributed by atoms with van der Waals surface area (Å²) in [6.45, 7) is 2.16. The molecule has 1 saturated heterocycles. The van der Waals surface area contributed by atoms with Crippen LogP contribution in [0.3, 0.4) is 0 Å². The molecular formula is C21H28F3N5O2. The molecule has 1 aromatic heterocycles. The fraction of sp³-hybridized carbons (Fsp3) is 0.524. The number of carbonyl (C=O) groups is 1. The Labute approximate surface area is 179 Å². The van der Waals surface area contributed by atoms with Crippen LogP contribution >= 0.6 is 0 Å². The molecule has 1 aliphatic heterocycles. The summed E-state index contributed by atoms with van der Waals surface area (Å²) >= 11 is 0. The summed E-state index contributed by atoms with van der Waals surface area (Å²) in [6, 6.07) is 9.55. The average molecular weight is 439 g/mol. The second kappa shape index (κ2) is 9.69. The molecule has 0 aliphatic carbocycles. The maximum atomic E-state index is 13.5. The quantitative estimate of drug-likeness (QED) is 0.619. The minimum absolute atomic E-state index is 0.0388. The summed E-state index contributed by atoms with van der Waals surface area (Å²) in [5.41, 5.74) is -1.90. The zero-order valence-electron chi connectivity index (χ0n) is 17.4. The summed E-state index contributed by atoms with van der Waals surface area (Å²) < 4.78 is 41.6. The van der Waals surface area contributed by atoms with Gasteiger partial charge in [0, 0.05) is 58.1 Å². The van der Waals surface area contributed by atoms with Gasteiger partial charge < -0.3 is 20.3 Å². The lowest BCUT2D eigenvalue weighted by atomic mass is 9.97. The van der Waals surface area contributed by atoms with E-state index in [1.807, 2.05) is 18.2 Å². The predicted molar refractivity (Wildman–Crippen MR) is 109 cm³/mol. The van der Waals surface area contributed by atoms with Gasteiger partial charge >= 0.3 is 12.2 Å². The molecular weight excluding hydrogens is 411 g/mol. The molecule has 170 valence electrons. The Balaban J connectivity index is 1.43. The van der Waals surface area contributed by atoms with Crippen LogP contribution in [0.2, 0.25) is 0 Å². The third kappa shape index (κ3) is 5.76. The van der Waals surface area contributed by atoms with Crippen LogP contribution in [-0.4, -0.2) is 57.4 Å². The molecule has 10 heteroatoms. The number of likely N-dealkylation sites (tertiary alicyclic amines) is 1. The number of urea groups is 1. The van der Waals surface area contributed by atoms with E-state index in [2.05, 4.69) is 32.7 Å². The Hall–Kier alpha value is -2.59. The van der Waals surface area contributed by atoms with Gasteiger partial charge in [-0.1, -0.05) is 30.3 Å². The van der Waals surface area contributed by atoms with Crippen LogP contribution in [0.25, 0.3) is 0 Å². The molecule has 3 N–H and O–H groups in total. The topological polar surface area (TPSA) is 82.4 Å². The lowest BCUT2D eigenvalue weighted by Crippen LogP contribution is -2.50. The number of halogens is 3. The van der Waals surface area contributed by atoms with E-state index >= 15 is 0 Å². The highest BCUT2D eigenvalue weighted by Gasteiger charge is 2.57. The van der Waals surface area contributed by atoms with Crippen molar-refractivity contribution < 1.29 is 23.1 Å². The number of carbonyl (C=O) groups excluding carboxylic acids is 1. The fourth-order valence-electron chi connectivity index (χ4n) is 3.81. The van der Waals surface area contributed by atoms with Gasteiger partial charge in [0.15, 0.2) is 0 Å². The van der Waals surface area contributed by atoms with Crippen molar-refractivity contribution in [1.29, 1.82) is 0 Å². The van der Waals surface area contributed by atoms with Crippen molar-refractivity contribution in [2.45, 2.75) is 43.6 Å². The molecule has 1 aromatic carbocycles. The molecule has 1 atom stereocenters. The molecule has 3 rings (SSSR count). The third-order valence-electron chi connectivity index (χ3n) is 5.60. The average Bonchev–Trinajstić information content (AvgIpc) is 3.16. The first kappa shape index (κ1) is 23.1. The van der Waals surface area contributed by atoms with E-state index in [0.717, 1.165) is 37.0 Å². The number of aromatic nitrogens is 2. The van der Waals surface area contributed by atoms with E-state index in [1.54, 1.807) is 0 Å². The number of imidazole rings is 1. The summed E-state index contributed by atoms with van der Waals surface area (Å²) in [4.78, 5) is 18.1. The second-order valence-corrected chi connectivity index (χ2v) is 7.91. The van der Waals surface area contributed by atoms with Crippen molar-refractivity contribution >= 4 is 6.03 Å². The second-order valence-electron chi connectivity index (χ2n) is 7.91. The highest BCUT2D eigenvalue weighted by molar-refractivity contribution is 5.74. The van der Waals surface area contributed by atoms with Crippen molar-refractivity contribution in [3.63, 3.8) is 0 Å². The predicted octanol–water partition coefficient (Wildman–Crippen LogP) is 2.52. The highest BCUT2D eigenvalue weighted by atomic mass is 19.4. The van der Waals surface area contributed by atoms with Gasteiger partial charge in [0.25, 0.3) is 0 Å². The molecule has 31 heavy (non-hydrogen) atoms. The summed E-state index contributed by atoms with van der Waals surface area (Å²) in [6.07, 6.45) is -1.60. The smallest absolute Gasteiger partial charge is 0.374 e. The van der Waals surface area contributed by atoms with Crippen LogP contribution < -0.4 is 10.6 Å². The number of amides is 2.